The first-order valence-corrected chi connectivity index (χ1v) is 9.87. The Morgan fingerprint density at radius 3 is 2.23 bits per heavy atom. The van der Waals surface area contributed by atoms with E-state index in [1.165, 1.54) is 43.5 Å². The molecule has 2 aromatic rings. The van der Waals surface area contributed by atoms with Crippen molar-refractivity contribution in [3.05, 3.63) is 59.7 Å². The molecule has 0 aromatic heterocycles. The van der Waals surface area contributed by atoms with E-state index >= 15 is 0 Å². The summed E-state index contributed by atoms with van der Waals surface area (Å²) in [5.74, 6) is -1.39. The van der Waals surface area contributed by atoms with Crippen molar-refractivity contribution < 1.29 is 32.2 Å². The van der Waals surface area contributed by atoms with E-state index in [0.29, 0.717) is 5.56 Å². The van der Waals surface area contributed by atoms with Gasteiger partial charge in [0, 0.05) is 5.56 Å². The Bertz CT molecular complexity index is 884. The number of alkyl halides is 3. The standard InChI is InChI=1S/C23H23F3O4/c1-29-22(28)20(15-6-3-2-4-7-15)21(27)16-10-12-18(13-11-16)30-19-9-5-8-17(14-19)23(24,25)26/h5,8-15,20H,2-4,6-7H2,1H3. The van der Waals surface area contributed by atoms with Gasteiger partial charge in [0.15, 0.2) is 5.78 Å². The largest absolute Gasteiger partial charge is 0.468 e. The maximum atomic E-state index is 13.0. The predicted octanol–water partition coefficient (Wildman–Crippen LogP) is 6.05. The molecule has 2 aromatic carbocycles. The van der Waals surface area contributed by atoms with Crippen LogP contribution in [0.25, 0.3) is 0 Å². The van der Waals surface area contributed by atoms with Crippen LogP contribution < -0.4 is 4.74 Å². The van der Waals surface area contributed by atoms with E-state index in [-0.39, 0.29) is 23.2 Å². The summed E-state index contributed by atoms with van der Waals surface area (Å²) >= 11 is 0. The predicted molar refractivity (Wildman–Crippen MR) is 104 cm³/mol. The molecule has 0 N–H and O–H groups in total. The van der Waals surface area contributed by atoms with Gasteiger partial charge in [-0.3, -0.25) is 9.59 Å². The minimum Gasteiger partial charge on any atom is -0.468 e. The molecule has 1 aliphatic rings. The highest BCUT2D eigenvalue weighted by Gasteiger charge is 2.36. The zero-order valence-corrected chi connectivity index (χ0v) is 16.6. The lowest BCUT2D eigenvalue weighted by Gasteiger charge is -2.27. The molecule has 0 radical (unpaired) electrons. The van der Waals surface area contributed by atoms with Crippen molar-refractivity contribution in [2.45, 2.75) is 38.3 Å². The number of hydrogen-bond acceptors (Lipinski definition) is 4. The lowest BCUT2D eigenvalue weighted by atomic mass is 9.77. The highest BCUT2D eigenvalue weighted by molar-refractivity contribution is 6.08. The molecular weight excluding hydrogens is 397 g/mol. The van der Waals surface area contributed by atoms with Crippen LogP contribution in [-0.2, 0) is 15.7 Å². The Morgan fingerprint density at radius 2 is 1.63 bits per heavy atom. The molecule has 1 atom stereocenters. The normalized spacial score (nSPS) is 16.0. The average Bonchev–Trinajstić information content (AvgIpc) is 2.74. The number of ether oxygens (including phenoxy) is 2. The van der Waals surface area contributed by atoms with E-state index in [0.717, 1.165) is 44.2 Å². The van der Waals surface area contributed by atoms with Crippen LogP contribution in [0.15, 0.2) is 48.5 Å². The molecule has 1 saturated carbocycles. The fraction of sp³-hybridized carbons (Fsp3) is 0.391. The van der Waals surface area contributed by atoms with Crippen molar-refractivity contribution in [1.29, 1.82) is 0 Å². The Morgan fingerprint density at radius 1 is 0.967 bits per heavy atom. The summed E-state index contributed by atoms with van der Waals surface area (Å²) in [5, 5.41) is 0. The van der Waals surface area contributed by atoms with Gasteiger partial charge < -0.3 is 9.47 Å². The maximum absolute atomic E-state index is 13.0. The highest BCUT2D eigenvalue weighted by atomic mass is 19.4. The van der Waals surface area contributed by atoms with Crippen LogP contribution in [0.1, 0.15) is 48.0 Å². The number of hydrogen-bond donors (Lipinski definition) is 0. The second-order valence-corrected chi connectivity index (χ2v) is 7.42. The summed E-state index contributed by atoms with van der Waals surface area (Å²) in [6, 6.07) is 10.6. The smallest absolute Gasteiger partial charge is 0.416 e. The lowest BCUT2D eigenvalue weighted by Crippen LogP contribution is -2.33. The lowest BCUT2D eigenvalue weighted by molar-refractivity contribution is -0.145. The van der Waals surface area contributed by atoms with Crippen LogP contribution >= 0.6 is 0 Å². The monoisotopic (exact) mass is 420 g/mol. The van der Waals surface area contributed by atoms with Gasteiger partial charge in [-0.15, -0.1) is 0 Å². The van der Waals surface area contributed by atoms with Gasteiger partial charge in [-0.1, -0.05) is 25.3 Å². The van der Waals surface area contributed by atoms with Gasteiger partial charge in [-0.25, -0.2) is 0 Å². The summed E-state index contributed by atoms with van der Waals surface area (Å²) in [6.07, 6.45) is 0.215. The minimum absolute atomic E-state index is 0.0403. The van der Waals surface area contributed by atoms with E-state index in [4.69, 9.17) is 9.47 Å². The second-order valence-electron chi connectivity index (χ2n) is 7.42. The molecule has 0 amide bonds. The third-order valence-corrected chi connectivity index (χ3v) is 5.39. The molecule has 0 aliphatic heterocycles. The molecule has 1 fully saturated rings. The molecule has 1 unspecified atom stereocenters. The van der Waals surface area contributed by atoms with E-state index in [2.05, 4.69) is 0 Å². The van der Waals surface area contributed by atoms with Crippen molar-refractivity contribution in [3.63, 3.8) is 0 Å². The summed E-state index contributed by atoms with van der Waals surface area (Å²) < 4.78 is 48.9. The Kier molecular flexibility index (Phi) is 6.80. The van der Waals surface area contributed by atoms with Crippen LogP contribution in [0.2, 0.25) is 0 Å². The van der Waals surface area contributed by atoms with Crippen LogP contribution in [0, 0.1) is 11.8 Å². The van der Waals surface area contributed by atoms with Gasteiger partial charge in [-0.2, -0.15) is 13.2 Å². The summed E-state index contributed by atoms with van der Waals surface area (Å²) in [5.41, 5.74) is -0.465. The fourth-order valence-corrected chi connectivity index (χ4v) is 3.85. The van der Waals surface area contributed by atoms with Gasteiger partial charge in [0.2, 0.25) is 0 Å². The first kappa shape index (κ1) is 21.9. The number of Topliss-reactive ketones (excluding diaryl/α,β-unsaturated/α-hetero) is 1. The number of halogens is 3. The molecular formula is C23H23F3O4. The van der Waals surface area contributed by atoms with Gasteiger partial charge in [0.1, 0.15) is 17.4 Å². The third kappa shape index (κ3) is 5.20. The van der Waals surface area contributed by atoms with Crippen molar-refractivity contribution >= 4 is 11.8 Å². The number of ketones is 1. The Hall–Kier alpha value is -2.83. The number of carbonyl (C=O) groups excluding carboxylic acids is 2. The van der Waals surface area contributed by atoms with E-state index < -0.39 is 23.6 Å². The first-order valence-electron chi connectivity index (χ1n) is 9.87. The quantitative estimate of drug-likeness (QED) is 0.324. The Balaban J connectivity index is 1.75. The fourth-order valence-electron chi connectivity index (χ4n) is 3.85. The second kappa shape index (κ2) is 9.32. The topological polar surface area (TPSA) is 52.6 Å². The van der Waals surface area contributed by atoms with Gasteiger partial charge in [-0.05, 0) is 61.2 Å². The molecule has 4 nitrogen and oxygen atoms in total. The third-order valence-electron chi connectivity index (χ3n) is 5.39. The van der Waals surface area contributed by atoms with Crippen LogP contribution in [-0.4, -0.2) is 18.9 Å². The number of benzene rings is 2. The molecule has 0 saturated heterocycles. The molecule has 3 rings (SSSR count). The molecule has 7 heteroatoms. The number of esters is 1. The van der Waals surface area contributed by atoms with Crippen LogP contribution in [0.5, 0.6) is 11.5 Å². The average molecular weight is 420 g/mol. The zero-order valence-electron chi connectivity index (χ0n) is 16.6. The molecule has 0 heterocycles. The van der Waals surface area contributed by atoms with Crippen LogP contribution in [0.4, 0.5) is 13.2 Å². The van der Waals surface area contributed by atoms with Crippen molar-refractivity contribution in [1.82, 2.24) is 0 Å². The maximum Gasteiger partial charge on any atom is 0.416 e. The van der Waals surface area contributed by atoms with Gasteiger partial charge in [0.25, 0.3) is 0 Å². The van der Waals surface area contributed by atoms with Crippen molar-refractivity contribution in [2.75, 3.05) is 7.11 Å². The summed E-state index contributed by atoms with van der Waals surface area (Å²) in [4.78, 5) is 25.3. The van der Waals surface area contributed by atoms with Crippen molar-refractivity contribution in [3.8, 4) is 11.5 Å². The van der Waals surface area contributed by atoms with Gasteiger partial charge in [0.05, 0.1) is 12.7 Å². The molecule has 30 heavy (non-hydrogen) atoms. The van der Waals surface area contributed by atoms with Gasteiger partial charge >= 0.3 is 12.1 Å². The molecule has 160 valence electrons. The highest BCUT2D eigenvalue weighted by Crippen LogP contribution is 2.34. The zero-order chi connectivity index (χ0) is 21.7. The number of methoxy groups -OCH3 is 1. The first-order chi connectivity index (χ1) is 14.3. The Labute approximate surface area is 173 Å². The SMILES string of the molecule is COC(=O)C(C(=O)c1ccc(Oc2cccc(C(F)(F)F)c2)cc1)C1CCCCC1. The summed E-state index contributed by atoms with van der Waals surface area (Å²) in [7, 11) is 1.28. The van der Waals surface area contributed by atoms with E-state index in [9.17, 15) is 22.8 Å². The number of carbonyl (C=O) groups is 2. The minimum atomic E-state index is -4.46. The molecule has 1 aliphatic carbocycles. The van der Waals surface area contributed by atoms with E-state index in [1.54, 1.807) is 0 Å². The van der Waals surface area contributed by atoms with E-state index in [1.807, 2.05) is 0 Å². The van der Waals surface area contributed by atoms with Crippen LogP contribution in [0.3, 0.4) is 0 Å². The van der Waals surface area contributed by atoms with Crippen molar-refractivity contribution in [2.24, 2.45) is 11.8 Å². The number of rotatable bonds is 6. The molecule has 0 bridgehead atoms. The molecule has 0 spiro atoms. The summed E-state index contributed by atoms with van der Waals surface area (Å²) in [6.45, 7) is 0.